The molecule has 2 aliphatic rings. The number of anilines is 3. The Morgan fingerprint density at radius 2 is 1.80 bits per heavy atom. The Morgan fingerprint density at radius 3 is 2.43 bits per heavy atom. The normalized spacial score (nSPS) is 16.2. The first-order valence-corrected chi connectivity index (χ1v) is 18.3. The molecule has 0 radical (unpaired) electrons. The average molecular weight is 665 g/mol. The Hall–Kier alpha value is -3.65. The molecule has 1 aliphatic carbocycles. The zero-order valence-electron chi connectivity index (χ0n) is 27.1. The Balaban J connectivity index is 0.00000164. The fraction of sp³-hybridized carbons (Fsp3) is 0.500. The topological polar surface area (TPSA) is 85.9 Å². The van der Waals surface area contributed by atoms with Crippen molar-refractivity contribution in [2.24, 2.45) is 18.4 Å². The summed E-state index contributed by atoms with van der Waals surface area (Å²) in [6.45, 7) is 6.12. The highest BCUT2D eigenvalue weighted by Crippen LogP contribution is 2.54. The first-order valence-electron chi connectivity index (χ1n) is 15.3. The van der Waals surface area contributed by atoms with Crippen LogP contribution >= 0.6 is 10.0 Å². The highest BCUT2D eigenvalue weighted by atomic mass is 32.3. The summed E-state index contributed by atoms with van der Waals surface area (Å²) in [5.74, 6) is 0.676. The predicted octanol–water partition coefficient (Wildman–Crippen LogP) is 7.18. The summed E-state index contributed by atoms with van der Waals surface area (Å²) in [6, 6.07) is 8.14. The molecule has 1 aromatic carbocycles. The molecule has 1 saturated heterocycles. The minimum atomic E-state index is -2.23. The van der Waals surface area contributed by atoms with E-state index in [0.29, 0.717) is 42.5 Å². The van der Waals surface area contributed by atoms with E-state index >= 15 is 4.39 Å². The summed E-state index contributed by atoms with van der Waals surface area (Å²) in [6.07, 6.45) is 8.63. The van der Waals surface area contributed by atoms with Crippen LogP contribution in [0.15, 0.2) is 42.7 Å². The molecule has 4 aromatic rings. The molecule has 1 saturated carbocycles. The minimum absolute atomic E-state index is 0. The fourth-order valence-corrected chi connectivity index (χ4v) is 6.41. The van der Waals surface area contributed by atoms with Gasteiger partial charge in [-0.05, 0) is 61.9 Å². The van der Waals surface area contributed by atoms with E-state index in [0.717, 1.165) is 24.7 Å². The second kappa shape index (κ2) is 13.6. The van der Waals surface area contributed by atoms with E-state index in [9.17, 15) is 13.2 Å². The van der Waals surface area contributed by atoms with Gasteiger partial charge in [0.25, 0.3) is 0 Å². The van der Waals surface area contributed by atoms with Gasteiger partial charge in [0.2, 0.25) is 18.3 Å². The number of nitrogens with zero attached hydrogens (tertiary/aromatic N) is 7. The molecule has 0 unspecified atom stereocenters. The fourth-order valence-electron chi connectivity index (χ4n) is 5.79. The van der Waals surface area contributed by atoms with Gasteiger partial charge in [-0.15, -0.1) is 10.2 Å². The van der Waals surface area contributed by atoms with Gasteiger partial charge in [0.1, 0.15) is 18.4 Å². The van der Waals surface area contributed by atoms with E-state index in [1.165, 1.54) is 27.7 Å². The van der Waals surface area contributed by atoms with Crippen molar-refractivity contribution in [1.29, 1.82) is 0 Å². The van der Waals surface area contributed by atoms with E-state index in [1.54, 1.807) is 19.3 Å². The van der Waals surface area contributed by atoms with E-state index in [1.807, 2.05) is 26.0 Å². The van der Waals surface area contributed by atoms with Crippen molar-refractivity contribution in [2.45, 2.75) is 39.8 Å². The van der Waals surface area contributed by atoms with Crippen LogP contribution in [0.1, 0.15) is 28.1 Å². The SMILES string of the molecule is CC.Cn1nc(-c2ccc(N3CC4(CC(C(F)F)C4)C3)nc2)nc1Nc1ccc(-c2cn(COCCS(C)(C)C)nc2F)c(F)c1.[HH]. The van der Waals surface area contributed by atoms with E-state index in [-0.39, 0.29) is 24.7 Å². The smallest absolute Gasteiger partial charge is 0.241 e. The molecular formula is C32H44F4N8OS. The van der Waals surface area contributed by atoms with Crippen LogP contribution in [0.25, 0.3) is 22.5 Å². The van der Waals surface area contributed by atoms with Gasteiger partial charge in [-0.1, -0.05) is 13.8 Å². The van der Waals surface area contributed by atoms with Crippen molar-refractivity contribution >= 4 is 27.5 Å². The number of ether oxygens (including phenoxy) is 1. The van der Waals surface area contributed by atoms with Crippen LogP contribution in [0.4, 0.5) is 35.0 Å². The Bertz CT molecular complexity index is 1630. The maximum Gasteiger partial charge on any atom is 0.241 e. The molecule has 0 amide bonds. The van der Waals surface area contributed by atoms with Gasteiger partial charge in [0, 0.05) is 67.9 Å². The second-order valence-electron chi connectivity index (χ2n) is 12.7. The number of aromatic nitrogens is 6. The van der Waals surface area contributed by atoms with Crippen LogP contribution in [0.2, 0.25) is 0 Å². The van der Waals surface area contributed by atoms with Crippen LogP contribution in [-0.4, -0.2) is 80.2 Å². The molecule has 1 aliphatic heterocycles. The highest BCUT2D eigenvalue weighted by Gasteiger charge is 2.55. The summed E-state index contributed by atoms with van der Waals surface area (Å²) in [5, 5.41) is 11.4. The molecule has 6 rings (SSSR count). The third kappa shape index (κ3) is 7.49. The van der Waals surface area contributed by atoms with Crippen LogP contribution in [0, 0.1) is 23.1 Å². The Kier molecular flexibility index (Phi) is 9.97. The zero-order chi connectivity index (χ0) is 33.2. The zero-order valence-corrected chi connectivity index (χ0v) is 27.9. The quantitative estimate of drug-likeness (QED) is 0.134. The number of aryl methyl sites for hydroxylation is 1. The molecule has 4 heterocycles. The number of benzene rings is 1. The lowest BCUT2D eigenvalue weighted by Gasteiger charge is -2.59. The van der Waals surface area contributed by atoms with Crippen LogP contribution in [-0.2, 0) is 18.5 Å². The first kappa shape index (κ1) is 33.7. The number of hydrogen-bond acceptors (Lipinski definition) is 7. The second-order valence-corrected chi connectivity index (χ2v) is 17.3. The van der Waals surface area contributed by atoms with E-state index in [4.69, 9.17) is 4.74 Å². The molecule has 3 aromatic heterocycles. The molecular weight excluding hydrogens is 620 g/mol. The Labute approximate surface area is 270 Å². The van der Waals surface area contributed by atoms with Gasteiger partial charge >= 0.3 is 0 Å². The van der Waals surface area contributed by atoms with Crippen molar-refractivity contribution in [3.05, 3.63) is 54.5 Å². The lowest BCUT2D eigenvalue weighted by atomic mass is 9.58. The van der Waals surface area contributed by atoms with E-state index in [2.05, 4.69) is 49.1 Å². The van der Waals surface area contributed by atoms with Gasteiger partial charge in [0.05, 0.1) is 12.2 Å². The van der Waals surface area contributed by atoms with Crippen LogP contribution in [0.5, 0.6) is 0 Å². The average Bonchev–Trinajstić information content (AvgIpc) is 3.52. The molecule has 9 nitrogen and oxygen atoms in total. The standard InChI is InChI=1S/C30H36F4N8OS.C2H6.H2/c1-40-29(37-28(39-40)19-5-8-25(35-14-19)41-16-30(17-41)12-20(13-30)26(32)33)36-21-6-7-22(24(31)11-21)23-15-42(38-27(23)34)18-43-9-10-44(2,3)4;1-2;/h5-8,11,14-15,20,26H,9-10,12-13,16-18H2,1-4H3,(H,36,37,39);1-2H3;1H. The first-order chi connectivity index (χ1) is 21.9. The van der Waals surface area contributed by atoms with Crippen molar-refractivity contribution in [3.8, 4) is 22.5 Å². The van der Waals surface area contributed by atoms with Gasteiger partial charge < -0.3 is 15.0 Å². The number of alkyl halides is 2. The summed E-state index contributed by atoms with van der Waals surface area (Å²) in [5.41, 5.74) is 1.27. The predicted molar refractivity (Wildman–Crippen MR) is 178 cm³/mol. The van der Waals surface area contributed by atoms with Crippen LogP contribution < -0.4 is 10.2 Å². The molecule has 252 valence electrons. The monoisotopic (exact) mass is 664 g/mol. The third-order valence-electron chi connectivity index (χ3n) is 8.19. The number of hydrogen-bond donors (Lipinski definition) is 1. The third-order valence-corrected chi connectivity index (χ3v) is 9.58. The highest BCUT2D eigenvalue weighted by molar-refractivity contribution is 8.32. The van der Waals surface area contributed by atoms with Gasteiger partial charge in [-0.2, -0.15) is 9.37 Å². The number of halogens is 4. The number of pyridine rings is 1. The van der Waals surface area contributed by atoms with E-state index < -0.39 is 34.1 Å². The minimum Gasteiger partial charge on any atom is -0.358 e. The molecule has 1 spiro atoms. The van der Waals surface area contributed by atoms with Gasteiger partial charge in [0.15, 0.2) is 5.82 Å². The molecule has 46 heavy (non-hydrogen) atoms. The molecule has 1 N–H and O–H groups in total. The summed E-state index contributed by atoms with van der Waals surface area (Å²) in [4.78, 5) is 11.2. The lowest BCUT2D eigenvalue weighted by molar-refractivity contribution is -0.0658. The van der Waals surface area contributed by atoms with Gasteiger partial charge in [-0.25, -0.2) is 37.5 Å². The maximum atomic E-state index is 15.1. The maximum absolute atomic E-state index is 15.1. The van der Waals surface area contributed by atoms with Crippen molar-refractivity contribution in [2.75, 3.05) is 54.4 Å². The Morgan fingerprint density at radius 1 is 1.07 bits per heavy atom. The lowest BCUT2D eigenvalue weighted by Crippen LogP contribution is -2.63. The summed E-state index contributed by atoms with van der Waals surface area (Å²) >= 11 is 0. The van der Waals surface area contributed by atoms with Crippen molar-refractivity contribution < 1.29 is 23.7 Å². The number of rotatable bonds is 11. The van der Waals surface area contributed by atoms with Crippen molar-refractivity contribution in [1.82, 2.24) is 29.5 Å². The molecule has 0 bridgehead atoms. The van der Waals surface area contributed by atoms with Gasteiger partial charge in [-0.3, -0.25) is 0 Å². The van der Waals surface area contributed by atoms with Crippen molar-refractivity contribution in [3.63, 3.8) is 0 Å². The number of nitrogens with one attached hydrogen (secondary N) is 1. The van der Waals surface area contributed by atoms with Crippen LogP contribution in [0.3, 0.4) is 0 Å². The largest absolute Gasteiger partial charge is 0.358 e. The molecule has 14 heteroatoms. The summed E-state index contributed by atoms with van der Waals surface area (Å²) < 4.78 is 63.9. The summed E-state index contributed by atoms with van der Waals surface area (Å²) in [7, 11) is 1.02. The molecule has 2 fully saturated rings. The molecule has 0 atom stereocenters.